The van der Waals surface area contributed by atoms with E-state index in [1.54, 1.807) is 12.1 Å². The van der Waals surface area contributed by atoms with E-state index in [2.05, 4.69) is 31.9 Å². The number of hydrogen-bond acceptors (Lipinski definition) is 2. The summed E-state index contributed by atoms with van der Waals surface area (Å²) in [6, 6.07) is 12.0. The minimum Gasteiger partial charge on any atom is -0.508 e. The summed E-state index contributed by atoms with van der Waals surface area (Å²) in [6.45, 7) is 0. The maximum absolute atomic E-state index is 12.0. The summed E-state index contributed by atoms with van der Waals surface area (Å²) in [4.78, 5) is 12.0. The summed E-state index contributed by atoms with van der Waals surface area (Å²) in [6.07, 6.45) is 0.332. The van der Waals surface area contributed by atoms with Crippen molar-refractivity contribution in [3.8, 4) is 5.75 Å². The second-order valence-corrected chi connectivity index (χ2v) is 5.65. The maximum Gasteiger partial charge on any atom is 0.167 e. The van der Waals surface area contributed by atoms with Gasteiger partial charge in [-0.15, -0.1) is 0 Å². The Kier molecular flexibility index (Phi) is 4.19. The van der Waals surface area contributed by atoms with Gasteiger partial charge >= 0.3 is 0 Å². The fourth-order valence-corrected chi connectivity index (χ4v) is 2.77. The zero-order chi connectivity index (χ0) is 13.1. The largest absolute Gasteiger partial charge is 0.508 e. The van der Waals surface area contributed by atoms with Crippen molar-refractivity contribution in [1.29, 1.82) is 0 Å². The zero-order valence-electron chi connectivity index (χ0n) is 9.36. The molecule has 0 atom stereocenters. The molecule has 2 rings (SSSR count). The number of Topliss-reactive ketones (excluding diaryl/α,β-unsaturated/α-hetero) is 1. The van der Waals surface area contributed by atoms with E-state index < -0.39 is 0 Å². The van der Waals surface area contributed by atoms with Gasteiger partial charge in [-0.1, -0.05) is 37.9 Å². The van der Waals surface area contributed by atoms with E-state index in [-0.39, 0.29) is 11.5 Å². The summed E-state index contributed by atoms with van der Waals surface area (Å²) in [5.74, 6) is 0.189. The van der Waals surface area contributed by atoms with E-state index in [9.17, 15) is 9.90 Å². The summed E-state index contributed by atoms with van der Waals surface area (Å²) in [5.41, 5.74) is 1.54. The minimum absolute atomic E-state index is 0.0259. The Bertz CT molecular complexity index is 577. The molecular formula is C14H10Br2O2. The van der Waals surface area contributed by atoms with Crippen molar-refractivity contribution in [3.63, 3.8) is 0 Å². The van der Waals surface area contributed by atoms with E-state index in [4.69, 9.17) is 0 Å². The molecule has 0 fully saturated rings. The van der Waals surface area contributed by atoms with E-state index in [1.165, 1.54) is 12.1 Å². The van der Waals surface area contributed by atoms with Crippen molar-refractivity contribution in [3.05, 3.63) is 62.5 Å². The second-order valence-electron chi connectivity index (χ2n) is 3.88. The van der Waals surface area contributed by atoms with Crippen LogP contribution in [0.25, 0.3) is 0 Å². The third kappa shape index (κ3) is 3.21. The first-order valence-corrected chi connectivity index (χ1v) is 6.91. The molecule has 0 aliphatic carbocycles. The Morgan fingerprint density at radius 3 is 2.33 bits per heavy atom. The van der Waals surface area contributed by atoms with Crippen molar-refractivity contribution in [1.82, 2.24) is 0 Å². The average Bonchev–Trinajstić information content (AvgIpc) is 2.33. The number of phenolic OH excluding ortho intramolecular Hbond substituents is 1. The molecule has 2 nitrogen and oxygen atoms in total. The van der Waals surface area contributed by atoms with Crippen LogP contribution >= 0.6 is 31.9 Å². The third-order valence-corrected chi connectivity index (χ3v) is 3.79. The van der Waals surface area contributed by atoms with Crippen LogP contribution in [0.1, 0.15) is 15.9 Å². The van der Waals surface area contributed by atoms with E-state index in [1.807, 2.05) is 18.2 Å². The lowest BCUT2D eigenvalue weighted by Crippen LogP contribution is -2.03. The van der Waals surface area contributed by atoms with Crippen LogP contribution in [-0.2, 0) is 6.42 Å². The summed E-state index contributed by atoms with van der Waals surface area (Å²) < 4.78 is 1.87. The lowest BCUT2D eigenvalue weighted by molar-refractivity contribution is 0.0993. The number of halogens is 2. The predicted molar refractivity (Wildman–Crippen MR) is 78.0 cm³/mol. The van der Waals surface area contributed by atoms with Gasteiger partial charge in [0.25, 0.3) is 0 Å². The van der Waals surface area contributed by atoms with E-state index in [0.717, 1.165) is 14.5 Å². The first-order valence-electron chi connectivity index (χ1n) is 5.32. The standard InChI is InChI=1S/C14H10Br2O2/c15-11-4-1-10(13(16)8-11)7-14(18)9-2-5-12(17)6-3-9/h1-6,8,17H,7H2. The number of aromatic hydroxyl groups is 1. The molecule has 18 heavy (non-hydrogen) atoms. The van der Waals surface area contributed by atoms with Gasteiger partial charge in [-0.2, -0.15) is 0 Å². The molecule has 1 N–H and O–H groups in total. The number of hydrogen-bond donors (Lipinski definition) is 1. The van der Waals surface area contributed by atoms with Crippen molar-refractivity contribution in [2.45, 2.75) is 6.42 Å². The molecule has 0 aliphatic heterocycles. The normalized spacial score (nSPS) is 10.3. The van der Waals surface area contributed by atoms with Gasteiger partial charge in [0.1, 0.15) is 5.75 Å². The molecule has 0 aromatic heterocycles. The van der Waals surface area contributed by atoms with Crippen LogP contribution in [0.5, 0.6) is 5.75 Å². The molecule has 4 heteroatoms. The summed E-state index contributed by atoms with van der Waals surface area (Å²) in [7, 11) is 0. The Hall–Kier alpha value is -1.13. The van der Waals surface area contributed by atoms with E-state index in [0.29, 0.717) is 12.0 Å². The first-order chi connectivity index (χ1) is 8.56. The summed E-state index contributed by atoms with van der Waals surface area (Å²) in [5, 5.41) is 9.18. The SMILES string of the molecule is O=C(Cc1ccc(Br)cc1Br)c1ccc(O)cc1. The topological polar surface area (TPSA) is 37.3 Å². The minimum atomic E-state index is 0.0259. The molecule has 0 saturated carbocycles. The predicted octanol–water partition coefficient (Wildman–Crippen LogP) is 4.34. The molecule has 0 heterocycles. The van der Waals surface area contributed by atoms with Gasteiger partial charge in [-0.3, -0.25) is 4.79 Å². The number of carbonyl (C=O) groups is 1. The number of benzene rings is 2. The zero-order valence-corrected chi connectivity index (χ0v) is 12.5. The Labute approximate surface area is 122 Å². The number of rotatable bonds is 3. The van der Waals surface area contributed by atoms with Crippen LogP contribution in [0.3, 0.4) is 0 Å². The monoisotopic (exact) mass is 368 g/mol. The highest BCUT2D eigenvalue weighted by Gasteiger charge is 2.09. The average molecular weight is 370 g/mol. The van der Waals surface area contributed by atoms with Gasteiger partial charge in [0.15, 0.2) is 5.78 Å². The number of carbonyl (C=O) groups excluding carboxylic acids is 1. The molecule has 92 valence electrons. The quantitative estimate of drug-likeness (QED) is 0.817. The molecule has 0 aliphatic rings. The molecule has 0 saturated heterocycles. The lowest BCUT2D eigenvalue weighted by atomic mass is 10.0. The Morgan fingerprint density at radius 1 is 1.06 bits per heavy atom. The number of phenols is 1. The van der Waals surface area contributed by atoms with Gasteiger partial charge in [-0.25, -0.2) is 0 Å². The summed E-state index contributed by atoms with van der Waals surface area (Å²) >= 11 is 6.81. The highest BCUT2D eigenvalue weighted by molar-refractivity contribution is 9.11. The van der Waals surface area contributed by atoms with Crippen molar-refractivity contribution >= 4 is 37.6 Å². The third-order valence-electron chi connectivity index (χ3n) is 2.56. The molecular weight excluding hydrogens is 360 g/mol. The first kappa shape index (κ1) is 13.3. The Morgan fingerprint density at radius 2 is 1.72 bits per heavy atom. The van der Waals surface area contributed by atoms with Gasteiger partial charge in [-0.05, 0) is 42.0 Å². The smallest absolute Gasteiger partial charge is 0.167 e. The van der Waals surface area contributed by atoms with E-state index >= 15 is 0 Å². The van der Waals surface area contributed by atoms with Gasteiger partial charge in [0.05, 0.1) is 0 Å². The molecule has 0 spiro atoms. The van der Waals surface area contributed by atoms with Gasteiger partial charge < -0.3 is 5.11 Å². The molecule has 0 radical (unpaired) electrons. The second kappa shape index (κ2) is 5.67. The van der Waals surface area contributed by atoms with Crippen molar-refractivity contribution in [2.75, 3.05) is 0 Å². The molecule has 2 aromatic carbocycles. The molecule has 0 amide bonds. The fraction of sp³-hybridized carbons (Fsp3) is 0.0714. The molecule has 0 bridgehead atoms. The fourth-order valence-electron chi connectivity index (χ4n) is 1.59. The van der Waals surface area contributed by atoms with Crippen LogP contribution in [-0.4, -0.2) is 10.9 Å². The maximum atomic E-state index is 12.0. The molecule has 2 aromatic rings. The highest BCUT2D eigenvalue weighted by atomic mass is 79.9. The Balaban J connectivity index is 2.18. The van der Waals surface area contributed by atoms with Gasteiger partial charge in [0.2, 0.25) is 0 Å². The van der Waals surface area contributed by atoms with Crippen molar-refractivity contribution < 1.29 is 9.90 Å². The van der Waals surface area contributed by atoms with Crippen molar-refractivity contribution in [2.24, 2.45) is 0 Å². The molecule has 0 unspecified atom stereocenters. The van der Waals surface area contributed by atoms with Crippen LogP contribution in [0.15, 0.2) is 51.4 Å². The van der Waals surface area contributed by atoms with Gasteiger partial charge in [0, 0.05) is 20.9 Å². The lowest BCUT2D eigenvalue weighted by Gasteiger charge is -2.05. The van der Waals surface area contributed by atoms with Crippen LogP contribution in [0.4, 0.5) is 0 Å². The number of ketones is 1. The highest BCUT2D eigenvalue weighted by Crippen LogP contribution is 2.23. The van der Waals surface area contributed by atoms with Crippen LogP contribution in [0, 0.1) is 0 Å². The van der Waals surface area contributed by atoms with Crippen LogP contribution < -0.4 is 0 Å². The van der Waals surface area contributed by atoms with Crippen LogP contribution in [0.2, 0.25) is 0 Å².